The molecule has 0 aromatic heterocycles. The molecule has 0 spiro atoms. The first-order valence-corrected chi connectivity index (χ1v) is 6.52. The van der Waals surface area contributed by atoms with E-state index in [2.05, 4.69) is 9.44 Å². The van der Waals surface area contributed by atoms with Gasteiger partial charge in [-0.05, 0) is 18.2 Å². The van der Waals surface area contributed by atoms with Crippen LogP contribution in [-0.4, -0.2) is 26.7 Å². The van der Waals surface area contributed by atoms with Crippen molar-refractivity contribution in [3.8, 4) is 0 Å². The molecule has 0 aliphatic rings. The Morgan fingerprint density at radius 1 is 1.31 bits per heavy atom. The van der Waals surface area contributed by atoms with Gasteiger partial charge >= 0.3 is 0 Å². The second-order valence-corrected chi connectivity index (χ2v) is 5.19. The van der Waals surface area contributed by atoms with E-state index < -0.39 is 10.2 Å². The van der Waals surface area contributed by atoms with Crippen molar-refractivity contribution in [1.29, 1.82) is 0 Å². The van der Waals surface area contributed by atoms with Gasteiger partial charge in [-0.25, -0.2) is 0 Å². The molecule has 0 aliphatic carbocycles. The highest BCUT2D eigenvalue weighted by Crippen LogP contribution is 2.25. The van der Waals surface area contributed by atoms with Crippen LogP contribution >= 0.6 is 23.2 Å². The molecule has 5 nitrogen and oxygen atoms in total. The van der Waals surface area contributed by atoms with Gasteiger partial charge in [-0.15, -0.1) is 0 Å². The minimum atomic E-state index is -3.74. The van der Waals surface area contributed by atoms with Crippen molar-refractivity contribution in [2.45, 2.75) is 0 Å². The molecule has 16 heavy (non-hydrogen) atoms. The zero-order valence-electron chi connectivity index (χ0n) is 8.07. The van der Waals surface area contributed by atoms with Gasteiger partial charge < -0.3 is 5.11 Å². The van der Waals surface area contributed by atoms with Gasteiger partial charge in [0.1, 0.15) is 0 Å². The molecule has 3 N–H and O–H groups in total. The molecule has 8 heteroatoms. The minimum absolute atomic E-state index is 0.0759. The number of nitrogens with one attached hydrogen (secondary N) is 2. The van der Waals surface area contributed by atoms with Gasteiger partial charge in [0.15, 0.2) is 0 Å². The lowest BCUT2D eigenvalue weighted by Gasteiger charge is -2.09. The van der Waals surface area contributed by atoms with Crippen LogP contribution in [0.5, 0.6) is 0 Å². The fourth-order valence-corrected chi connectivity index (χ4v) is 2.22. The third-order valence-corrected chi connectivity index (χ3v) is 3.21. The number of halogens is 2. The SMILES string of the molecule is O=S(=O)(NCCO)Nc1cc(Cl)ccc1Cl. The summed E-state index contributed by atoms with van der Waals surface area (Å²) in [5.74, 6) is 0. The van der Waals surface area contributed by atoms with E-state index in [0.717, 1.165) is 0 Å². The van der Waals surface area contributed by atoms with E-state index in [-0.39, 0.29) is 23.9 Å². The predicted molar refractivity (Wildman–Crippen MR) is 64.1 cm³/mol. The van der Waals surface area contributed by atoms with Crippen LogP contribution in [0.3, 0.4) is 0 Å². The van der Waals surface area contributed by atoms with E-state index in [1.54, 1.807) is 6.07 Å². The van der Waals surface area contributed by atoms with Crippen molar-refractivity contribution >= 4 is 39.1 Å². The largest absolute Gasteiger partial charge is 0.395 e. The van der Waals surface area contributed by atoms with Crippen LogP contribution in [-0.2, 0) is 10.2 Å². The van der Waals surface area contributed by atoms with Crippen molar-refractivity contribution in [2.24, 2.45) is 0 Å². The van der Waals surface area contributed by atoms with Gasteiger partial charge in [0.2, 0.25) is 0 Å². The number of hydrogen-bond donors (Lipinski definition) is 3. The standard InChI is InChI=1S/C8H10Cl2N2O3S/c9-6-1-2-7(10)8(5-6)12-16(14,15)11-3-4-13/h1-2,5,11-13H,3-4H2. The van der Waals surface area contributed by atoms with Gasteiger partial charge in [0.05, 0.1) is 17.3 Å². The van der Waals surface area contributed by atoms with Gasteiger partial charge in [0.25, 0.3) is 10.2 Å². The summed E-state index contributed by atoms with van der Waals surface area (Å²) < 4.78 is 27.1. The summed E-state index contributed by atoms with van der Waals surface area (Å²) >= 11 is 11.5. The summed E-state index contributed by atoms with van der Waals surface area (Å²) in [5.41, 5.74) is 0.180. The summed E-state index contributed by atoms with van der Waals surface area (Å²) in [7, 11) is -3.74. The molecule has 0 amide bonds. The Kier molecular flexibility index (Phi) is 4.82. The van der Waals surface area contributed by atoms with Crippen LogP contribution in [0.25, 0.3) is 0 Å². The third-order valence-electron chi connectivity index (χ3n) is 1.58. The average Bonchev–Trinajstić information content (AvgIpc) is 2.20. The normalized spacial score (nSPS) is 11.4. The lowest BCUT2D eigenvalue weighted by atomic mass is 10.3. The molecule has 0 heterocycles. The van der Waals surface area contributed by atoms with E-state index in [4.69, 9.17) is 28.3 Å². The van der Waals surface area contributed by atoms with Gasteiger partial charge in [-0.3, -0.25) is 4.72 Å². The van der Waals surface area contributed by atoms with Gasteiger partial charge in [-0.1, -0.05) is 23.2 Å². The Morgan fingerprint density at radius 3 is 2.62 bits per heavy atom. The molecule has 0 saturated carbocycles. The van der Waals surface area contributed by atoms with E-state index in [0.29, 0.717) is 5.02 Å². The first-order valence-electron chi connectivity index (χ1n) is 4.28. The Hall–Kier alpha value is -0.530. The highest BCUT2D eigenvalue weighted by molar-refractivity contribution is 7.90. The number of benzene rings is 1. The van der Waals surface area contributed by atoms with Crippen LogP contribution in [0.4, 0.5) is 5.69 Å². The summed E-state index contributed by atoms with van der Waals surface area (Å²) in [6.45, 7) is -0.363. The van der Waals surface area contributed by atoms with E-state index in [1.807, 2.05) is 0 Å². The summed E-state index contributed by atoms with van der Waals surface area (Å²) in [6.07, 6.45) is 0. The second kappa shape index (κ2) is 5.70. The Labute approximate surface area is 104 Å². The number of anilines is 1. The monoisotopic (exact) mass is 284 g/mol. The van der Waals surface area contributed by atoms with Crippen molar-refractivity contribution in [2.75, 3.05) is 17.9 Å². The quantitative estimate of drug-likeness (QED) is 0.761. The number of aliphatic hydroxyl groups is 1. The van der Waals surface area contributed by atoms with Crippen LogP contribution in [0.15, 0.2) is 18.2 Å². The molecular formula is C8H10Cl2N2O3S. The van der Waals surface area contributed by atoms with Crippen LogP contribution in [0, 0.1) is 0 Å². The minimum Gasteiger partial charge on any atom is -0.395 e. The van der Waals surface area contributed by atoms with Crippen LogP contribution < -0.4 is 9.44 Å². The maximum absolute atomic E-state index is 11.4. The van der Waals surface area contributed by atoms with Crippen LogP contribution in [0.2, 0.25) is 10.0 Å². The molecule has 0 saturated heterocycles. The molecule has 0 bridgehead atoms. The number of hydrogen-bond acceptors (Lipinski definition) is 3. The van der Waals surface area contributed by atoms with E-state index in [1.165, 1.54) is 12.1 Å². The fraction of sp³-hybridized carbons (Fsp3) is 0.250. The smallest absolute Gasteiger partial charge is 0.299 e. The second-order valence-electron chi connectivity index (χ2n) is 2.85. The highest BCUT2D eigenvalue weighted by Gasteiger charge is 2.11. The molecule has 1 rings (SSSR count). The molecule has 0 aliphatic heterocycles. The van der Waals surface area contributed by atoms with E-state index >= 15 is 0 Å². The molecule has 90 valence electrons. The molecule has 1 aromatic rings. The Morgan fingerprint density at radius 2 is 2.00 bits per heavy atom. The highest BCUT2D eigenvalue weighted by atomic mass is 35.5. The first-order chi connectivity index (χ1) is 7.44. The summed E-state index contributed by atoms with van der Waals surface area (Å²) in [4.78, 5) is 0. The molecule has 0 atom stereocenters. The lowest BCUT2D eigenvalue weighted by molar-refractivity contribution is 0.301. The zero-order valence-corrected chi connectivity index (χ0v) is 10.4. The van der Waals surface area contributed by atoms with Crippen molar-refractivity contribution < 1.29 is 13.5 Å². The topological polar surface area (TPSA) is 78.4 Å². The lowest BCUT2D eigenvalue weighted by Crippen LogP contribution is -2.32. The third kappa shape index (κ3) is 4.15. The molecule has 1 aromatic carbocycles. The van der Waals surface area contributed by atoms with Gasteiger partial charge in [-0.2, -0.15) is 13.1 Å². The fourth-order valence-electron chi connectivity index (χ4n) is 0.937. The molecule has 0 unspecified atom stereocenters. The summed E-state index contributed by atoms with van der Waals surface area (Å²) in [6, 6.07) is 4.42. The van der Waals surface area contributed by atoms with Crippen LogP contribution in [0.1, 0.15) is 0 Å². The van der Waals surface area contributed by atoms with Crippen molar-refractivity contribution in [3.63, 3.8) is 0 Å². The number of aliphatic hydroxyl groups excluding tert-OH is 1. The maximum Gasteiger partial charge on any atom is 0.299 e. The number of rotatable bonds is 5. The zero-order chi connectivity index (χ0) is 12.2. The molecule has 0 fully saturated rings. The Bertz CT molecular complexity index is 464. The first kappa shape index (κ1) is 13.5. The van der Waals surface area contributed by atoms with Gasteiger partial charge in [0, 0.05) is 11.6 Å². The van der Waals surface area contributed by atoms with Crippen molar-refractivity contribution in [3.05, 3.63) is 28.2 Å². The van der Waals surface area contributed by atoms with Crippen molar-refractivity contribution in [1.82, 2.24) is 4.72 Å². The molecule has 0 radical (unpaired) electrons. The maximum atomic E-state index is 11.4. The summed E-state index contributed by atoms with van der Waals surface area (Å²) in [5, 5.41) is 9.09. The molecular weight excluding hydrogens is 275 g/mol. The average molecular weight is 285 g/mol. The Balaban J connectivity index is 2.83. The predicted octanol–water partition coefficient (Wildman–Crippen LogP) is 1.23. The van der Waals surface area contributed by atoms with E-state index in [9.17, 15) is 8.42 Å².